The molecular weight excluding hydrogens is 490 g/mol. The van der Waals surface area contributed by atoms with Crippen LogP contribution in [0.15, 0.2) is 128 Å². The minimum absolute atomic E-state index is 0.964. The van der Waals surface area contributed by atoms with Gasteiger partial charge in [-0.1, -0.05) is 66.7 Å². The molecule has 5 nitrogen and oxygen atoms in total. The van der Waals surface area contributed by atoms with Crippen LogP contribution >= 0.6 is 0 Å². The largest absolute Gasteiger partial charge is 0.307 e. The van der Waals surface area contributed by atoms with Crippen molar-refractivity contribution in [2.45, 2.75) is 0 Å². The van der Waals surface area contributed by atoms with E-state index < -0.39 is 0 Å². The Morgan fingerprint density at radius 2 is 1.20 bits per heavy atom. The molecule has 0 N–H and O–H groups in total. The predicted octanol–water partition coefficient (Wildman–Crippen LogP) is 8.37. The standard InChI is InChI=1S/C35H21N5/c1-2-10-23(11-3-1)39-28-14-6-5-13-25(28)32-33-27(20-37-21-38-33)31-24-12-4-7-15-29(24)40(34(31)35(32)39)30-16-8-9-22-17-18-36-19-26(22)30/h1-21H. The lowest BCUT2D eigenvalue weighted by molar-refractivity contribution is 1.15. The third-order valence-corrected chi connectivity index (χ3v) is 8.11. The predicted molar refractivity (Wildman–Crippen MR) is 164 cm³/mol. The number of aromatic nitrogens is 5. The van der Waals surface area contributed by atoms with Gasteiger partial charge in [0.1, 0.15) is 6.33 Å². The van der Waals surface area contributed by atoms with Crippen LogP contribution in [0, 0.1) is 0 Å². The van der Waals surface area contributed by atoms with Crippen LogP contribution in [0.4, 0.5) is 0 Å². The van der Waals surface area contributed by atoms with Crippen molar-refractivity contribution in [3.05, 3.63) is 128 Å². The van der Waals surface area contributed by atoms with E-state index in [1.165, 1.54) is 10.8 Å². The maximum atomic E-state index is 4.91. The second kappa shape index (κ2) is 7.98. The molecule has 0 saturated heterocycles. The van der Waals surface area contributed by atoms with Crippen LogP contribution in [-0.2, 0) is 0 Å². The first kappa shape index (κ1) is 21.4. The lowest BCUT2D eigenvalue weighted by Gasteiger charge is -2.15. The lowest BCUT2D eigenvalue weighted by atomic mass is 10.0. The zero-order chi connectivity index (χ0) is 26.2. The average molecular weight is 512 g/mol. The molecule has 0 aliphatic heterocycles. The number of rotatable bonds is 2. The van der Waals surface area contributed by atoms with Crippen molar-refractivity contribution in [1.82, 2.24) is 24.1 Å². The summed E-state index contributed by atoms with van der Waals surface area (Å²) in [4.78, 5) is 13.9. The number of hydrogen-bond acceptors (Lipinski definition) is 3. The van der Waals surface area contributed by atoms with Crippen LogP contribution in [0.2, 0.25) is 0 Å². The lowest BCUT2D eigenvalue weighted by Crippen LogP contribution is -2.00. The molecule has 9 rings (SSSR count). The highest BCUT2D eigenvalue weighted by molar-refractivity contribution is 6.35. The first-order valence-corrected chi connectivity index (χ1v) is 13.4. The number of para-hydroxylation sites is 3. The van der Waals surface area contributed by atoms with E-state index in [1.54, 1.807) is 6.33 Å². The van der Waals surface area contributed by atoms with Crippen LogP contribution < -0.4 is 0 Å². The molecule has 0 bridgehead atoms. The van der Waals surface area contributed by atoms with Gasteiger partial charge in [0.05, 0.1) is 33.3 Å². The fourth-order valence-corrected chi connectivity index (χ4v) is 6.54. The van der Waals surface area contributed by atoms with Gasteiger partial charge in [-0.25, -0.2) is 9.97 Å². The molecule has 0 atom stereocenters. The molecular formula is C35H21N5. The van der Waals surface area contributed by atoms with Crippen LogP contribution in [0.3, 0.4) is 0 Å². The molecule has 0 unspecified atom stereocenters. The molecule has 9 aromatic rings. The summed E-state index contributed by atoms with van der Waals surface area (Å²) in [5, 5.41) is 7.93. The van der Waals surface area contributed by atoms with E-state index in [0.717, 1.165) is 65.9 Å². The highest BCUT2D eigenvalue weighted by atomic mass is 15.0. The Bertz CT molecular complexity index is 2430. The molecule has 0 aliphatic carbocycles. The Labute approximate surface area is 228 Å². The topological polar surface area (TPSA) is 48.5 Å². The van der Waals surface area contributed by atoms with Gasteiger partial charge < -0.3 is 9.13 Å². The molecule has 0 aliphatic rings. The molecule has 40 heavy (non-hydrogen) atoms. The maximum Gasteiger partial charge on any atom is 0.116 e. The van der Waals surface area contributed by atoms with E-state index >= 15 is 0 Å². The Balaban J connectivity index is 1.67. The van der Waals surface area contributed by atoms with E-state index in [-0.39, 0.29) is 0 Å². The van der Waals surface area contributed by atoms with Crippen LogP contribution in [-0.4, -0.2) is 24.1 Å². The molecule has 4 aromatic heterocycles. The van der Waals surface area contributed by atoms with Crippen LogP contribution in [0.1, 0.15) is 0 Å². The van der Waals surface area contributed by atoms with Gasteiger partial charge in [0.15, 0.2) is 0 Å². The second-order valence-corrected chi connectivity index (χ2v) is 10.1. The third kappa shape index (κ3) is 2.73. The van der Waals surface area contributed by atoms with Gasteiger partial charge in [-0.3, -0.25) is 4.98 Å². The van der Waals surface area contributed by atoms with Crippen molar-refractivity contribution >= 4 is 65.3 Å². The van der Waals surface area contributed by atoms with Gasteiger partial charge in [-0.15, -0.1) is 0 Å². The smallest absolute Gasteiger partial charge is 0.116 e. The first-order chi connectivity index (χ1) is 19.9. The number of pyridine rings is 1. The van der Waals surface area contributed by atoms with Crippen LogP contribution in [0.25, 0.3) is 76.7 Å². The molecule has 4 heterocycles. The monoisotopic (exact) mass is 511 g/mol. The van der Waals surface area contributed by atoms with E-state index in [9.17, 15) is 0 Å². The summed E-state index contributed by atoms with van der Waals surface area (Å²) in [5.74, 6) is 0. The number of nitrogens with zero attached hydrogens (tertiary/aromatic N) is 5. The van der Waals surface area contributed by atoms with Gasteiger partial charge in [-0.2, -0.15) is 0 Å². The molecule has 0 saturated carbocycles. The fourth-order valence-electron chi connectivity index (χ4n) is 6.54. The van der Waals surface area contributed by atoms with Gasteiger partial charge in [0.25, 0.3) is 0 Å². The summed E-state index contributed by atoms with van der Waals surface area (Å²) >= 11 is 0. The van der Waals surface area contributed by atoms with E-state index in [0.29, 0.717) is 0 Å². The molecule has 5 aromatic carbocycles. The molecule has 0 spiro atoms. The van der Waals surface area contributed by atoms with Crippen molar-refractivity contribution in [2.75, 3.05) is 0 Å². The average Bonchev–Trinajstić information content (AvgIpc) is 3.55. The summed E-state index contributed by atoms with van der Waals surface area (Å²) in [6.07, 6.45) is 7.46. The van der Waals surface area contributed by atoms with Crippen LogP contribution in [0.5, 0.6) is 0 Å². The number of fused-ring (bicyclic) bond motifs is 11. The van der Waals surface area contributed by atoms with Crippen molar-refractivity contribution in [2.24, 2.45) is 0 Å². The molecule has 5 heteroatoms. The summed E-state index contributed by atoms with van der Waals surface area (Å²) in [6, 6.07) is 36.5. The normalized spacial score (nSPS) is 12.0. The number of hydrogen-bond donors (Lipinski definition) is 0. The Morgan fingerprint density at radius 1 is 0.500 bits per heavy atom. The van der Waals surface area contributed by atoms with Crippen molar-refractivity contribution < 1.29 is 0 Å². The van der Waals surface area contributed by atoms with Crippen molar-refractivity contribution in [1.29, 1.82) is 0 Å². The number of benzene rings is 5. The zero-order valence-corrected chi connectivity index (χ0v) is 21.4. The SMILES string of the molecule is c1ccc(-n2c3ccccc3c3c4ncncc4c4c5ccccc5n(-c5cccc6ccncc56)c4c32)cc1. The first-order valence-electron chi connectivity index (χ1n) is 13.4. The molecule has 0 fully saturated rings. The second-order valence-electron chi connectivity index (χ2n) is 10.1. The summed E-state index contributed by atoms with van der Waals surface area (Å²) in [7, 11) is 0. The third-order valence-electron chi connectivity index (χ3n) is 8.11. The van der Waals surface area contributed by atoms with Gasteiger partial charge in [0.2, 0.25) is 0 Å². The summed E-state index contributed by atoms with van der Waals surface area (Å²) < 4.78 is 4.81. The molecule has 0 radical (unpaired) electrons. The van der Waals surface area contributed by atoms with Crippen molar-refractivity contribution in [3.8, 4) is 11.4 Å². The maximum absolute atomic E-state index is 4.91. The quantitative estimate of drug-likeness (QED) is 0.234. The summed E-state index contributed by atoms with van der Waals surface area (Å²) in [5.41, 5.74) is 7.72. The fraction of sp³-hybridized carbons (Fsp3) is 0. The van der Waals surface area contributed by atoms with E-state index in [1.807, 2.05) is 18.6 Å². The van der Waals surface area contributed by atoms with E-state index in [4.69, 9.17) is 4.98 Å². The molecule has 186 valence electrons. The highest BCUT2D eigenvalue weighted by Gasteiger charge is 2.25. The zero-order valence-electron chi connectivity index (χ0n) is 21.4. The Kier molecular flexibility index (Phi) is 4.27. The minimum atomic E-state index is 0.964. The van der Waals surface area contributed by atoms with Gasteiger partial charge in [-0.05, 0) is 41.8 Å². The van der Waals surface area contributed by atoms with E-state index in [2.05, 4.69) is 122 Å². The Hall–Kier alpha value is -5.55. The van der Waals surface area contributed by atoms with Crippen molar-refractivity contribution in [3.63, 3.8) is 0 Å². The minimum Gasteiger partial charge on any atom is -0.307 e. The molecule has 0 amide bonds. The summed E-state index contributed by atoms with van der Waals surface area (Å²) in [6.45, 7) is 0. The van der Waals surface area contributed by atoms with Gasteiger partial charge >= 0.3 is 0 Å². The van der Waals surface area contributed by atoms with Gasteiger partial charge in [0, 0.05) is 56.6 Å². The Morgan fingerprint density at radius 3 is 2.05 bits per heavy atom. The highest BCUT2D eigenvalue weighted by Crippen LogP contribution is 2.46.